The summed E-state index contributed by atoms with van der Waals surface area (Å²) in [6.07, 6.45) is 2.18. The van der Waals surface area contributed by atoms with Crippen molar-refractivity contribution in [2.75, 3.05) is 0 Å². The van der Waals surface area contributed by atoms with Gasteiger partial charge in [-0.3, -0.25) is 4.98 Å². The van der Waals surface area contributed by atoms with E-state index in [1.165, 1.54) is 0 Å². The summed E-state index contributed by atoms with van der Waals surface area (Å²) in [4.78, 5) is 4.27. The van der Waals surface area contributed by atoms with Gasteiger partial charge in [0.25, 0.3) is 0 Å². The highest BCUT2D eigenvalue weighted by molar-refractivity contribution is 6.35. The van der Waals surface area contributed by atoms with Crippen molar-refractivity contribution in [1.29, 1.82) is 0 Å². The molecule has 0 spiro atoms. The first-order valence-corrected chi connectivity index (χ1v) is 6.93. The zero-order valence-electron chi connectivity index (χ0n) is 10.6. The van der Waals surface area contributed by atoms with Crippen LogP contribution in [0.1, 0.15) is 29.8 Å². The molecule has 4 heteroatoms. The fourth-order valence-electron chi connectivity index (χ4n) is 2.07. The standard InChI is InChI=1S/C15H15Cl2NO/c1-2-10-5-4-8-18-15(10)14(19)9-11-12(16)6-3-7-13(11)17/h3-8,14,19H,2,9H2,1H3. The molecule has 2 aromatic rings. The van der Waals surface area contributed by atoms with Crippen LogP contribution in [0.4, 0.5) is 0 Å². The van der Waals surface area contributed by atoms with E-state index in [4.69, 9.17) is 23.2 Å². The van der Waals surface area contributed by atoms with Crippen molar-refractivity contribution >= 4 is 23.2 Å². The summed E-state index contributed by atoms with van der Waals surface area (Å²) in [5.41, 5.74) is 2.49. The van der Waals surface area contributed by atoms with Crippen LogP contribution in [-0.2, 0) is 12.8 Å². The lowest BCUT2D eigenvalue weighted by molar-refractivity contribution is 0.172. The maximum absolute atomic E-state index is 10.4. The van der Waals surface area contributed by atoms with Gasteiger partial charge in [-0.05, 0) is 35.7 Å². The number of aromatic nitrogens is 1. The number of hydrogen-bond acceptors (Lipinski definition) is 2. The molecule has 1 aromatic carbocycles. The molecule has 0 radical (unpaired) electrons. The Balaban J connectivity index is 2.28. The topological polar surface area (TPSA) is 33.1 Å². The second kappa shape index (κ2) is 6.38. The zero-order valence-corrected chi connectivity index (χ0v) is 12.1. The minimum absolute atomic E-state index is 0.364. The summed E-state index contributed by atoms with van der Waals surface area (Å²) in [6, 6.07) is 9.18. The minimum Gasteiger partial charge on any atom is -0.386 e. The van der Waals surface area contributed by atoms with Crippen molar-refractivity contribution in [2.45, 2.75) is 25.9 Å². The molecular formula is C15H15Cl2NO. The Hall–Kier alpha value is -1.09. The maximum Gasteiger partial charge on any atom is 0.100 e. The molecule has 2 rings (SSSR count). The van der Waals surface area contributed by atoms with Crippen molar-refractivity contribution in [3.05, 3.63) is 63.4 Å². The van der Waals surface area contributed by atoms with E-state index in [9.17, 15) is 5.11 Å². The van der Waals surface area contributed by atoms with Gasteiger partial charge in [-0.1, -0.05) is 42.3 Å². The predicted molar refractivity (Wildman–Crippen MR) is 78.7 cm³/mol. The first-order valence-electron chi connectivity index (χ1n) is 6.18. The van der Waals surface area contributed by atoms with Crippen LogP contribution in [0.15, 0.2) is 36.5 Å². The van der Waals surface area contributed by atoms with Crippen molar-refractivity contribution in [3.63, 3.8) is 0 Å². The highest BCUT2D eigenvalue weighted by Crippen LogP contribution is 2.29. The van der Waals surface area contributed by atoms with Crippen LogP contribution in [0.2, 0.25) is 10.0 Å². The van der Waals surface area contributed by atoms with Crippen molar-refractivity contribution in [2.24, 2.45) is 0 Å². The van der Waals surface area contributed by atoms with Crippen LogP contribution in [0.3, 0.4) is 0 Å². The van der Waals surface area contributed by atoms with Crippen LogP contribution in [0, 0.1) is 0 Å². The molecule has 0 saturated carbocycles. The van der Waals surface area contributed by atoms with Crippen LogP contribution in [-0.4, -0.2) is 10.1 Å². The molecule has 0 bridgehead atoms. The largest absolute Gasteiger partial charge is 0.386 e. The SMILES string of the molecule is CCc1cccnc1C(O)Cc1c(Cl)cccc1Cl. The highest BCUT2D eigenvalue weighted by atomic mass is 35.5. The van der Waals surface area contributed by atoms with E-state index in [1.54, 1.807) is 24.4 Å². The molecule has 1 heterocycles. The molecule has 0 aliphatic carbocycles. The third-order valence-corrected chi connectivity index (χ3v) is 3.79. The number of nitrogens with zero attached hydrogens (tertiary/aromatic N) is 1. The van der Waals surface area contributed by atoms with Crippen molar-refractivity contribution < 1.29 is 5.11 Å². The highest BCUT2D eigenvalue weighted by Gasteiger charge is 2.16. The second-order valence-corrected chi connectivity index (χ2v) is 5.14. The number of rotatable bonds is 4. The minimum atomic E-state index is -0.700. The number of benzene rings is 1. The summed E-state index contributed by atoms with van der Waals surface area (Å²) in [5, 5.41) is 11.5. The predicted octanol–water partition coefficient (Wildman–Crippen LogP) is 4.23. The van der Waals surface area contributed by atoms with Gasteiger partial charge in [-0.15, -0.1) is 0 Å². The van der Waals surface area contributed by atoms with Gasteiger partial charge < -0.3 is 5.11 Å². The average molecular weight is 296 g/mol. The van der Waals surface area contributed by atoms with E-state index >= 15 is 0 Å². The molecule has 0 fully saturated rings. The molecule has 1 aromatic heterocycles. The van der Waals surface area contributed by atoms with Crippen LogP contribution >= 0.6 is 23.2 Å². The smallest absolute Gasteiger partial charge is 0.100 e. The summed E-state index contributed by atoms with van der Waals surface area (Å²) in [6.45, 7) is 2.04. The molecule has 100 valence electrons. The normalized spacial score (nSPS) is 12.4. The number of hydrogen-bond donors (Lipinski definition) is 1. The van der Waals surface area contributed by atoms with E-state index < -0.39 is 6.10 Å². The lowest BCUT2D eigenvalue weighted by atomic mass is 10.0. The number of halogens is 2. The summed E-state index contributed by atoms with van der Waals surface area (Å²) >= 11 is 12.2. The molecule has 2 nitrogen and oxygen atoms in total. The summed E-state index contributed by atoms with van der Waals surface area (Å²) < 4.78 is 0. The Labute approximate surface area is 123 Å². The third-order valence-electron chi connectivity index (χ3n) is 3.08. The lowest BCUT2D eigenvalue weighted by Crippen LogP contribution is -2.08. The Morgan fingerprint density at radius 2 is 1.84 bits per heavy atom. The molecule has 1 atom stereocenters. The first-order chi connectivity index (χ1) is 9.13. The quantitative estimate of drug-likeness (QED) is 0.916. The monoisotopic (exact) mass is 295 g/mol. The molecule has 0 aliphatic heterocycles. The molecule has 0 saturated heterocycles. The summed E-state index contributed by atoms with van der Waals surface area (Å²) in [5.74, 6) is 0. The van der Waals surface area contributed by atoms with Gasteiger partial charge in [0.15, 0.2) is 0 Å². The Morgan fingerprint density at radius 3 is 2.47 bits per heavy atom. The molecule has 19 heavy (non-hydrogen) atoms. The van der Waals surface area contributed by atoms with Crippen LogP contribution < -0.4 is 0 Å². The van der Waals surface area contributed by atoms with Crippen LogP contribution in [0.5, 0.6) is 0 Å². The van der Waals surface area contributed by atoms with Crippen LogP contribution in [0.25, 0.3) is 0 Å². The first kappa shape index (κ1) is 14.3. The Kier molecular flexibility index (Phi) is 4.81. The van der Waals surface area contributed by atoms with E-state index in [-0.39, 0.29) is 0 Å². The molecule has 0 amide bonds. The van der Waals surface area contributed by atoms with Gasteiger partial charge in [0.1, 0.15) is 6.10 Å². The van der Waals surface area contributed by atoms with Gasteiger partial charge >= 0.3 is 0 Å². The lowest BCUT2D eigenvalue weighted by Gasteiger charge is -2.15. The maximum atomic E-state index is 10.4. The fraction of sp³-hybridized carbons (Fsp3) is 0.267. The average Bonchev–Trinajstić information content (AvgIpc) is 2.42. The summed E-state index contributed by atoms with van der Waals surface area (Å²) in [7, 11) is 0. The van der Waals surface area contributed by atoms with Gasteiger partial charge in [-0.2, -0.15) is 0 Å². The number of aryl methyl sites for hydroxylation is 1. The second-order valence-electron chi connectivity index (χ2n) is 4.32. The van der Waals surface area contributed by atoms with E-state index in [0.717, 1.165) is 17.5 Å². The van der Waals surface area contributed by atoms with Crippen molar-refractivity contribution in [3.8, 4) is 0 Å². The number of aliphatic hydroxyl groups excluding tert-OH is 1. The van der Waals surface area contributed by atoms with Gasteiger partial charge in [-0.25, -0.2) is 0 Å². The third kappa shape index (κ3) is 3.27. The van der Waals surface area contributed by atoms with Gasteiger partial charge in [0.05, 0.1) is 5.69 Å². The van der Waals surface area contributed by atoms with Gasteiger partial charge in [0, 0.05) is 22.7 Å². The van der Waals surface area contributed by atoms with E-state index in [1.807, 2.05) is 19.1 Å². The Morgan fingerprint density at radius 1 is 1.16 bits per heavy atom. The Bertz CT molecular complexity index is 552. The molecule has 1 N–H and O–H groups in total. The van der Waals surface area contributed by atoms with E-state index in [2.05, 4.69) is 4.98 Å². The fourth-order valence-corrected chi connectivity index (χ4v) is 2.62. The number of pyridine rings is 1. The zero-order chi connectivity index (χ0) is 13.8. The van der Waals surface area contributed by atoms with Crippen molar-refractivity contribution in [1.82, 2.24) is 4.98 Å². The molecular weight excluding hydrogens is 281 g/mol. The van der Waals surface area contributed by atoms with Gasteiger partial charge in [0.2, 0.25) is 0 Å². The molecule has 0 aliphatic rings. The molecule has 1 unspecified atom stereocenters. The number of aliphatic hydroxyl groups is 1. The van der Waals surface area contributed by atoms with E-state index in [0.29, 0.717) is 22.2 Å².